The van der Waals surface area contributed by atoms with E-state index in [1.807, 2.05) is 0 Å². The Morgan fingerprint density at radius 3 is 1.55 bits per heavy atom. The fourth-order valence-electron chi connectivity index (χ4n) is 3.04. The molecule has 6 nitrogen and oxygen atoms in total. The van der Waals surface area contributed by atoms with Crippen LogP contribution in [0.2, 0.25) is 0 Å². The van der Waals surface area contributed by atoms with Crippen LogP contribution in [-0.2, 0) is 0 Å². The lowest BCUT2D eigenvalue weighted by atomic mass is 10.2. The predicted octanol–water partition coefficient (Wildman–Crippen LogP) is 6.09. The van der Waals surface area contributed by atoms with Crippen molar-refractivity contribution in [2.45, 2.75) is 32.6 Å². The van der Waals surface area contributed by atoms with Crippen LogP contribution in [0.4, 0.5) is 0 Å². The summed E-state index contributed by atoms with van der Waals surface area (Å²) in [6.45, 7) is 2.85. The van der Waals surface area contributed by atoms with Crippen molar-refractivity contribution < 1.29 is 28.5 Å². The molecule has 0 aliphatic heterocycles. The molecule has 0 aliphatic carbocycles. The van der Waals surface area contributed by atoms with Gasteiger partial charge in [0.05, 0.1) is 24.8 Å². The topological polar surface area (TPSA) is 71.1 Å². The number of benzene rings is 3. The van der Waals surface area contributed by atoms with Gasteiger partial charge in [0.25, 0.3) is 0 Å². The van der Waals surface area contributed by atoms with Crippen LogP contribution in [-0.4, -0.2) is 25.7 Å². The lowest BCUT2D eigenvalue weighted by Gasteiger charge is -2.08. The Kier molecular flexibility index (Phi) is 8.88. The highest BCUT2D eigenvalue weighted by molar-refractivity contribution is 5.92. The summed E-state index contributed by atoms with van der Waals surface area (Å²) < 4.78 is 21.5. The Morgan fingerprint density at radius 1 is 0.606 bits per heavy atom. The summed E-state index contributed by atoms with van der Waals surface area (Å²) in [7, 11) is 1.56. The van der Waals surface area contributed by atoms with Crippen LogP contribution in [0, 0.1) is 0 Å². The third kappa shape index (κ3) is 7.38. The van der Waals surface area contributed by atoms with Crippen molar-refractivity contribution in [2.75, 3.05) is 13.7 Å². The molecule has 0 saturated heterocycles. The lowest BCUT2D eigenvalue weighted by molar-refractivity contribution is 0.0730. The second kappa shape index (κ2) is 12.3. The molecule has 0 N–H and O–H groups in total. The zero-order valence-corrected chi connectivity index (χ0v) is 18.9. The molecule has 0 spiro atoms. The predicted molar refractivity (Wildman–Crippen MR) is 125 cm³/mol. The number of ether oxygens (including phenoxy) is 4. The highest BCUT2D eigenvalue weighted by atomic mass is 16.5. The number of hydrogen-bond acceptors (Lipinski definition) is 6. The van der Waals surface area contributed by atoms with E-state index in [0.29, 0.717) is 35.0 Å². The van der Waals surface area contributed by atoms with Crippen molar-refractivity contribution >= 4 is 11.9 Å². The average molecular weight is 449 g/mol. The molecule has 6 heteroatoms. The van der Waals surface area contributed by atoms with Gasteiger partial charge in [0.15, 0.2) is 0 Å². The second-order valence-electron chi connectivity index (χ2n) is 7.41. The molecule has 0 heterocycles. The van der Waals surface area contributed by atoms with Crippen molar-refractivity contribution in [1.29, 1.82) is 0 Å². The van der Waals surface area contributed by atoms with Crippen LogP contribution in [0.1, 0.15) is 53.3 Å². The zero-order valence-electron chi connectivity index (χ0n) is 18.9. The van der Waals surface area contributed by atoms with Gasteiger partial charge < -0.3 is 18.9 Å². The zero-order chi connectivity index (χ0) is 23.5. The van der Waals surface area contributed by atoms with Gasteiger partial charge in [-0.15, -0.1) is 0 Å². The quantitative estimate of drug-likeness (QED) is 0.201. The monoisotopic (exact) mass is 448 g/mol. The molecule has 33 heavy (non-hydrogen) atoms. The highest BCUT2D eigenvalue weighted by Crippen LogP contribution is 2.21. The lowest BCUT2D eigenvalue weighted by Crippen LogP contribution is -2.10. The normalized spacial score (nSPS) is 10.4. The summed E-state index contributed by atoms with van der Waals surface area (Å²) in [6.07, 6.45) is 4.59. The van der Waals surface area contributed by atoms with Gasteiger partial charge in [0.1, 0.15) is 23.0 Å². The highest BCUT2D eigenvalue weighted by Gasteiger charge is 2.12. The Balaban J connectivity index is 1.49. The summed E-state index contributed by atoms with van der Waals surface area (Å²) in [6, 6.07) is 19.8. The van der Waals surface area contributed by atoms with E-state index in [2.05, 4.69) is 6.92 Å². The molecule has 0 unspecified atom stereocenters. The summed E-state index contributed by atoms with van der Waals surface area (Å²) in [5.41, 5.74) is 0.739. The van der Waals surface area contributed by atoms with Gasteiger partial charge in [-0.25, -0.2) is 9.59 Å². The van der Waals surface area contributed by atoms with Crippen LogP contribution in [0.5, 0.6) is 23.0 Å². The third-order valence-corrected chi connectivity index (χ3v) is 4.93. The molecule has 0 aliphatic rings. The van der Waals surface area contributed by atoms with E-state index in [1.54, 1.807) is 79.9 Å². The van der Waals surface area contributed by atoms with E-state index < -0.39 is 11.9 Å². The number of unbranched alkanes of at least 4 members (excludes halogenated alkanes) is 3. The molecule has 0 aromatic heterocycles. The molecule has 3 rings (SSSR count). The first-order valence-electron chi connectivity index (χ1n) is 11.0. The van der Waals surface area contributed by atoms with Crippen molar-refractivity contribution in [3.8, 4) is 23.0 Å². The smallest absolute Gasteiger partial charge is 0.343 e. The fourth-order valence-corrected chi connectivity index (χ4v) is 3.04. The molecule has 3 aromatic rings. The number of carbonyl (C=O) groups is 2. The Labute approximate surface area is 194 Å². The third-order valence-electron chi connectivity index (χ3n) is 4.93. The van der Waals surface area contributed by atoms with Crippen molar-refractivity contribution in [2.24, 2.45) is 0 Å². The molecule has 0 atom stereocenters. The van der Waals surface area contributed by atoms with E-state index >= 15 is 0 Å². The van der Waals surface area contributed by atoms with E-state index in [-0.39, 0.29) is 0 Å². The van der Waals surface area contributed by atoms with Gasteiger partial charge in [0, 0.05) is 0 Å². The number of methoxy groups -OCH3 is 1. The van der Waals surface area contributed by atoms with Gasteiger partial charge in [-0.2, -0.15) is 0 Å². The maximum atomic E-state index is 12.4. The van der Waals surface area contributed by atoms with Gasteiger partial charge in [-0.1, -0.05) is 26.2 Å². The molecule has 172 valence electrons. The summed E-state index contributed by atoms with van der Waals surface area (Å²) in [5.74, 6) is 1.14. The Bertz CT molecular complexity index is 1020. The summed E-state index contributed by atoms with van der Waals surface area (Å²) >= 11 is 0. The van der Waals surface area contributed by atoms with E-state index in [1.165, 1.54) is 12.8 Å². The van der Waals surface area contributed by atoms with Crippen molar-refractivity contribution in [3.05, 3.63) is 83.9 Å². The van der Waals surface area contributed by atoms with Gasteiger partial charge in [0.2, 0.25) is 0 Å². The molecular weight excluding hydrogens is 420 g/mol. The van der Waals surface area contributed by atoms with Crippen molar-refractivity contribution in [3.63, 3.8) is 0 Å². The molecule has 0 fully saturated rings. The van der Waals surface area contributed by atoms with E-state index in [4.69, 9.17) is 18.9 Å². The second-order valence-corrected chi connectivity index (χ2v) is 7.41. The van der Waals surface area contributed by atoms with Gasteiger partial charge in [-0.05, 0) is 79.2 Å². The summed E-state index contributed by atoms with van der Waals surface area (Å²) in [5, 5.41) is 0. The van der Waals surface area contributed by atoms with Gasteiger partial charge >= 0.3 is 11.9 Å². The SMILES string of the molecule is CCCCCCOc1ccc(OC(=O)c2ccc(OC(=O)c3ccc(OC)cc3)cc2)cc1. The molecule has 0 saturated carbocycles. The molecular formula is C27H28O6. The Hall–Kier alpha value is -3.80. The number of hydrogen-bond donors (Lipinski definition) is 0. The molecule has 0 amide bonds. The average Bonchev–Trinajstić information content (AvgIpc) is 2.85. The van der Waals surface area contributed by atoms with E-state index in [9.17, 15) is 9.59 Å². The molecule has 0 radical (unpaired) electrons. The number of esters is 2. The van der Waals surface area contributed by atoms with Crippen molar-refractivity contribution in [1.82, 2.24) is 0 Å². The first-order valence-corrected chi connectivity index (χ1v) is 11.0. The molecule has 3 aromatic carbocycles. The standard InChI is InChI=1S/C27H28O6/c1-3-4-5-6-19-31-23-15-17-25(18-16-23)33-27(29)21-9-13-24(14-10-21)32-26(28)20-7-11-22(30-2)12-8-20/h7-18H,3-6,19H2,1-2H3. The minimum absolute atomic E-state index is 0.327. The number of carbonyl (C=O) groups excluding carboxylic acids is 2. The van der Waals surface area contributed by atoms with Crippen LogP contribution in [0.15, 0.2) is 72.8 Å². The Morgan fingerprint density at radius 2 is 1.06 bits per heavy atom. The minimum atomic E-state index is -0.503. The first kappa shape index (κ1) is 23.9. The van der Waals surface area contributed by atoms with Gasteiger partial charge in [-0.3, -0.25) is 0 Å². The van der Waals surface area contributed by atoms with Crippen LogP contribution in [0.25, 0.3) is 0 Å². The van der Waals surface area contributed by atoms with Crippen LogP contribution < -0.4 is 18.9 Å². The van der Waals surface area contributed by atoms with E-state index in [0.717, 1.165) is 18.6 Å². The maximum absolute atomic E-state index is 12.4. The largest absolute Gasteiger partial charge is 0.497 e. The minimum Gasteiger partial charge on any atom is -0.497 e. The maximum Gasteiger partial charge on any atom is 0.343 e. The summed E-state index contributed by atoms with van der Waals surface area (Å²) in [4.78, 5) is 24.7. The van der Waals surface area contributed by atoms with Crippen LogP contribution in [0.3, 0.4) is 0 Å². The molecule has 0 bridgehead atoms. The first-order chi connectivity index (χ1) is 16.1. The van der Waals surface area contributed by atoms with Crippen LogP contribution >= 0.6 is 0 Å². The fraction of sp³-hybridized carbons (Fsp3) is 0.259. The number of rotatable bonds is 11.